The first kappa shape index (κ1) is 57.8. The molecule has 21 nitrogen and oxygen atoms in total. The number of amides is 1. The van der Waals surface area contributed by atoms with E-state index in [9.17, 15) is 47.0 Å². The summed E-state index contributed by atoms with van der Waals surface area (Å²) in [6.07, 6.45) is -8.69. The highest BCUT2D eigenvalue weighted by Gasteiger charge is 2.45. The smallest absolute Gasteiger partial charge is 0.325 e. The zero-order chi connectivity index (χ0) is 48.9. The number of rotatable bonds is 37. The molecule has 0 aromatic heterocycles. The van der Waals surface area contributed by atoms with Crippen LogP contribution in [-0.4, -0.2) is 193 Å². The van der Waals surface area contributed by atoms with E-state index in [0.717, 1.165) is 0 Å². The van der Waals surface area contributed by atoms with Gasteiger partial charge in [0, 0.05) is 11.8 Å². The number of benzene rings is 2. The first-order valence-electron chi connectivity index (χ1n) is 21.2. The monoisotopic (exact) mass is 993 g/mol. The van der Waals surface area contributed by atoms with Crippen molar-refractivity contribution in [1.82, 2.24) is 0 Å². The van der Waals surface area contributed by atoms with Crippen molar-refractivity contribution >= 4 is 25.2 Å². The molecule has 0 radical (unpaired) electrons. The van der Waals surface area contributed by atoms with E-state index in [-0.39, 0.29) is 70.2 Å². The van der Waals surface area contributed by atoms with Crippen molar-refractivity contribution in [1.29, 1.82) is 0 Å². The summed E-state index contributed by atoms with van der Waals surface area (Å²) in [5, 5.41) is 33.3. The Balaban J connectivity index is 1.01. The molecule has 0 spiro atoms. The molecule has 2 aromatic rings. The molecule has 1 aliphatic heterocycles. The van der Waals surface area contributed by atoms with E-state index in [1.807, 2.05) is 0 Å². The van der Waals surface area contributed by atoms with Crippen molar-refractivity contribution < 1.29 is 114 Å². The van der Waals surface area contributed by atoms with Gasteiger partial charge in [0.1, 0.15) is 24.1 Å². The molecule has 0 saturated carbocycles. The van der Waals surface area contributed by atoms with Crippen molar-refractivity contribution in [2.75, 3.05) is 130 Å². The summed E-state index contributed by atoms with van der Waals surface area (Å²) < 4.78 is 129. The van der Waals surface area contributed by atoms with Crippen molar-refractivity contribution in [3.8, 4) is 11.5 Å². The highest BCUT2D eigenvalue weighted by atomic mass is 31.2. The lowest BCUT2D eigenvalue weighted by Gasteiger charge is -2.40. The Kier molecular flexibility index (Phi) is 28.6. The number of esters is 1. The molecular weight excluding hydrogens is 933 g/mol. The number of halogens is 4. The SMILES string of the molecule is O=C(CCOCCOCCOCCOCCOCCOCCOCCOCCOCCC(=O)Oc1c(F)c(F)cc(F)c1F)Nc1ccc(O[C@H]2O[C@H](CCP(=O)(O)O)[C@@H](O)[C@H](O)[C@@H]2O)cc1. The lowest BCUT2D eigenvalue weighted by molar-refractivity contribution is -0.272. The van der Waals surface area contributed by atoms with Crippen LogP contribution in [0.25, 0.3) is 0 Å². The van der Waals surface area contributed by atoms with Gasteiger partial charge in [-0.3, -0.25) is 14.2 Å². The summed E-state index contributed by atoms with van der Waals surface area (Å²) in [4.78, 5) is 42.2. The minimum Gasteiger partial charge on any atom is -0.462 e. The number of carbonyl (C=O) groups excluding carboxylic acids is 2. The second-order valence-electron chi connectivity index (χ2n) is 14.2. The van der Waals surface area contributed by atoms with Gasteiger partial charge in [-0.05, 0) is 30.7 Å². The molecule has 3 rings (SSSR count). The molecule has 1 saturated heterocycles. The van der Waals surface area contributed by atoms with Gasteiger partial charge in [0.25, 0.3) is 0 Å². The summed E-state index contributed by atoms with van der Waals surface area (Å²) in [5.74, 6) is -9.68. The molecule has 1 aliphatic rings. The third-order valence-electron chi connectivity index (χ3n) is 8.95. The van der Waals surface area contributed by atoms with Crippen LogP contribution in [0.2, 0.25) is 0 Å². The lowest BCUT2D eigenvalue weighted by atomic mass is 9.97. The minimum absolute atomic E-state index is 0.00631. The molecule has 0 unspecified atom stereocenters. The van der Waals surface area contributed by atoms with Gasteiger partial charge in [-0.2, -0.15) is 8.78 Å². The van der Waals surface area contributed by atoms with Crippen molar-refractivity contribution in [3.63, 3.8) is 0 Å². The highest BCUT2D eigenvalue weighted by Crippen LogP contribution is 2.37. The zero-order valence-electron chi connectivity index (χ0n) is 36.6. The second kappa shape index (κ2) is 33.1. The summed E-state index contributed by atoms with van der Waals surface area (Å²) in [6.45, 7) is 5.11. The van der Waals surface area contributed by atoms with Crippen LogP contribution in [0, 0.1) is 23.3 Å². The first-order valence-corrected chi connectivity index (χ1v) is 23.0. The van der Waals surface area contributed by atoms with Crippen LogP contribution in [0.15, 0.2) is 30.3 Å². The van der Waals surface area contributed by atoms with Crippen LogP contribution in [0.4, 0.5) is 23.2 Å². The van der Waals surface area contributed by atoms with Crippen molar-refractivity contribution in [3.05, 3.63) is 53.6 Å². The molecule has 67 heavy (non-hydrogen) atoms. The predicted molar refractivity (Wildman–Crippen MR) is 222 cm³/mol. The van der Waals surface area contributed by atoms with Gasteiger partial charge in [0.15, 0.2) is 11.6 Å². The number of nitrogens with one attached hydrogen (secondary N) is 1. The predicted octanol–water partition coefficient (Wildman–Crippen LogP) is 1.47. The summed E-state index contributed by atoms with van der Waals surface area (Å²) >= 11 is 0. The third-order valence-corrected chi connectivity index (χ3v) is 9.79. The van der Waals surface area contributed by atoms with Gasteiger partial charge < -0.3 is 87.3 Å². The van der Waals surface area contributed by atoms with E-state index >= 15 is 0 Å². The molecule has 26 heteroatoms. The van der Waals surface area contributed by atoms with Crippen LogP contribution in [0.3, 0.4) is 0 Å². The van der Waals surface area contributed by atoms with Gasteiger partial charge >= 0.3 is 13.6 Å². The molecule has 1 fully saturated rings. The van der Waals surface area contributed by atoms with E-state index in [1.54, 1.807) is 0 Å². The summed E-state index contributed by atoms with van der Waals surface area (Å²) in [5.41, 5.74) is 0.449. The standard InChI is InChI=1S/C41H60F4NO20P/c42-30-27-31(43)36(45)40(35(30)44)66-34(48)6-9-56-11-13-58-15-17-60-19-21-62-23-25-63-24-22-61-20-18-59-16-14-57-12-10-55-8-5-33(47)46-28-1-3-29(4-2-28)64-41-39(51)38(50)37(49)32(65-41)7-26-67(52,53)54/h1-4,27,32,37-39,41,49-51H,5-26H2,(H,46,47)(H2,52,53,54)/t32-,37-,38+,39+,41+/m1/s1. The molecule has 1 amide bonds. The molecule has 0 bridgehead atoms. The maximum Gasteiger partial charge on any atom is 0.325 e. The molecule has 382 valence electrons. The maximum atomic E-state index is 13.6. The van der Waals surface area contributed by atoms with Gasteiger partial charge in [-0.15, -0.1) is 0 Å². The van der Waals surface area contributed by atoms with E-state index in [4.69, 9.17) is 61.9 Å². The van der Waals surface area contributed by atoms with Crippen LogP contribution in [0.5, 0.6) is 11.5 Å². The third kappa shape index (κ3) is 24.6. The van der Waals surface area contributed by atoms with E-state index < -0.39 is 85.9 Å². The van der Waals surface area contributed by atoms with Crippen molar-refractivity contribution in [2.45, 2.75) is 50.0 Å². The van der Waals surface area contributed by atoms with Gasteiger partial charge in [0.05, 0.1) is 144 Å². The molecular formula is C41H60F4NO20P. The molecule has 2 aromatic carbocycles. The minimum atomic E-state index is -4.39. The molecule has 6 N–H and O–H groups in total. The number of hydrogen-bond acceptors (Lipinski definition) is 18. The number of hydrogen-bond donors (Lipinski definition) is 6. The number of aliphatic hydroxyl groups excluding tert-OH is 3. The van der Waals surface area contributed by atoms with E-state index in [2.05, 4.69) is 10.1 Å². The number of carbonyl (C=O) groups is 2. The largest absolute Gasteiger partial charge is 0.462 e. The second-order valence-corrected chi connectivity index (χ2v) is 15.9. The quantitative estimate of drug-likeness (QED) is 0.0140. The summed E-state index contributed by atoms with van der Waals surface area (Å²) in [6, 6.07) is 6.04. The average molecular weight is 994 g/mol. The molecule has 0 aliphatic carbocycles. The van der Waals surface area contributed by atoms with Crippen LogP contribution in [-0.2, 0) is 61.5 Å². The fourth-order valence-corrected chi connectivity index (χ4v) is 6.10. The molecule has 5 atom stereocenters. The van der Waals surface area contributed by atoms with Crippen LogP contribution >= 0.6 is 7.60 Å². The fraction of sp³-hybridized carbons (Fsp3) is 0.659. The number of anilines is 1. The lowest BCUT2D eigenvalue weighted by Crippen LogP contribution is -2.59. The van der Waals surface area contributed by atoms with Crippen LogP contribution < -0.4 is 14.8 Å². The Bertz CT molecular complexity index is 1720. The topological polar surface area (TPSA) is 275 Å². The van der Waals surface area contributed by atoms with E-state index in [0.29, 0.717) is 85.0 Å². The van der Waals surface area contributed by atoms with E-state index in [1.165, 1.54) is 24.3 Å². The zero-order valence-corrected chi connectivity index (χ0v) is 37.5. The van der Waals surface area contributed by atoms with Gasteiger partial charge in [-0.1, -0.05) is 0 Å². The van der Waals surface area contributed by atoms with Gasteiger partial charge in [0.2, 0.25) is 29.6 Å². The Morgan fingerprint density at radius 2 is 0.985 bits per heavy atom. The average Bonchev–Trinajstić information content (AvgIpc) is 3.29. The molecule has 1 heterocycles. The Morgan fingerprint density at radius 1 is 0.582 bits per heavy atom. The first-order chi connectivity index (χ1) is 32.2. The Morgan fingerprint density at radius 3 is 1.40 bits per heavy atom. The Labute approximate surface area is 383 Å². The van der Waals surface area contributed by atoms with Gasteiger partial charge in [-0.25, -0.2) is 8.78 Å². The maximum absolute atomic E-state index is 13.6. The number of aliphatic hydroxyl groups is 3. The number of ether oxygens (including phenoxy) is 12. The highest BCUT2D eigenvalue weighted by molar-refractivity contribution is 7.51. The summed E-state index contributed by atoms with van der Waals surface area (Å²) in [7, 11) is -4.39. The van der Waals surface area contributed by atoms with Crippen LogP contribution in [0.1, 0.15) is 19.3 Å². The Hall–Kier alpha value is -3.47. The van der Waals surface area contributed by atoms with Crippen molar-refractivity contribution in [2.24, 2.45) is 0 Å². The normalized spacial score (nSPS) is 18.6. The fourth-order valence-electron chi connectivity index (χ4n) is 5.51.